The number of carbonyl (C=O) groups excluding carboxylic acids is 15. The number of ether oxygens (including phenoxy) is 1. The molecule has 2 aromatic heterocycles. The molecule has 14 amide bonds. The number of nitrogens with one attached hydrogen (secondary N) is 15. The standard InChI is InChI=1S/C72H100N18O25/c1-5-6-7-8-9-10-11-22-53(93)80-45(25-38-31-75-41-19-14-12-17-39(38)41)66(108)83-46(27-52(74)92)67(109)85-49(30-59(102)103)68(110)88-61-37(4)115-72(114)50(26-44-40-18-13-15-20-42(40)89-90-44)86-71(113)60(35(2)24-56(96)97)87-69(111)51(34-91)81-55(95)32-76-63(105)47(28-57(98)99)82-62(104)36(3)78-65(107)48(29-58(100)101)84-64(106)43(21-16-23-73)79-54(94)33-77-70(61)112/h12-15,17-20,31,35-37,43,45-51,60-61,75,91H,5-11,16,21-30,32-34,73H2,1-4H3,(H2,74,92)(H,76,105)(H,77,112)(H,78,107)(H,79,94)(H,80,93)(H,81,95)(H,82,104)(H,83,108)(H,84,106)(H,85,109)(H,86,113)(H,87,111)(H,88,110)(H,89,90)(H,96,97)(H,98,99)(H,100,101)(H,102,103). The van der Waals surface area contributed by atoms with E-state index in [0.29, 0.717) is 40.2 Å². The molecule has 13 unspecified atom stereocenters. The highest BCUT2D eigenvalue weighted by Crippen LogP contribution is 2.22. The number of nitrogens with zero attached hydrogens (tertiary/aromatic N) is 1. The molecule has 1 aliphatic heterocycles. The van der Waals surface area contributed by atoms with E-state index in [1.54, 1.807) is 48.7 Å². The molecule has 0 spiro atoms. The Morgan fingerprint density at radius 1 is 0.557 bits per heavy atom. The summed E-state index contributed by atoms with van der Waals surface area (Å²) in [5, 5.41) is 86.7. The molecule has 13 atom stereocenters. The largest absolute Gasteiger partial charge is 0.481 e. The van der Waals surface area contributed by atoms with E-state index in [1.807, 2.05) is 10.6 Å². The van der Waals surface area contributed by atoms with Crippen molar-refractivity contribution in [3.05, 3.63) is 66.0 Å². The van der Waals surface area contributed by atoms with Crippen molar-refractivity contribution >= 4 is 134 Å². The molecule has 43 heteroatoms. The Balaban J connectivity index is 1.59. The Labute approximate surface area is 656 Å². The van der Waals surface area contributed by atoms with Crippen LogP contribution in [0.15, 0.2) is 54.7 Å². The van der Waals surface area contributed by atoms with Crippen LogP contribution in [0.2, 0.25) is 0 Å². The molecule has 628 valence electrons. The lowest BCUT2D eigenvalue weighted by molar-refractivity contribution is -0.156. The summed E-state index contributed by atoms with van der Waals surface area (Å²) < 4.78 is 5.82. The number of nitrogens with two attached hydrogens (primary N) is 2. The van der Waals surface area contributed by atoms with Crippen LogP contribution in [0.4, 0.5) is 0 Å². The number of primary amides is 1. The molecule has 1 fully saturated rings. The minimum absolute atomic E-state index is 0.00570. The average molecular weight is 1620 g/mol. The molecule has 4 aromatic rings. The molecule has 0 saturated carbocycles. The van der Waals surface area contributed by atoms with Gasteiger partial charge in [-0.3, -0.25) is 91.4 Å². The lowest BCUT2D eigenvalue weighted by Gasteiger charge is -2.30. The number of cyclic esters (lactones) is 1. The molecule has 1 aliphatic rings. The van der Waals surface area contributed by atoms with E-state index < -0.39 is 249 Å². The summed E-state index contributed by atoms with van der Waals surface area (Å²) in [6, 6.07) is -8.78. The highest BCUT2D eigenvalue weighted by atomic mass is 16.5. The van der Waals surface area contributed by atoms with E-state index in [0.717, 1.165) is 52.9 Å². The molecule has 0 radical (unpaired) electrons. The molecule has 43 nitrogen and oxygen atoms in total. The van der Waals surface area contributed by atoms with Crippen molar-refractivity contribution in [2.75, 3.05) is 26.2 Å². The quantitative estimate of drug-likeness (QED) is 0.0153. The van der Waals surface area contributed by atoms with E-state index >= 15 is 0 Å². The number of aliphatic hydroxyl groups excluding tert-OH is 1. The van der Waals surface area contributed by atoms with Gasteiger partial charge in [0.2, 0.25) is 82.7 Å². The van der Waals surface area contributed by atoms with Crippen LogP contribution in [0, 0.1) is 5.92 Å². The molecule has 0 bridgehead atoms. The average Bonchev–Trinajstić information content (AvgIpc) is 1.73. The fourth-order valence-electron chi connectivity index (χ4n) is 12.1. The van der Waals surface area contributed by atoms with Gasteiger partial charge >= 0.3 is 29.8 Å². The van der Waals surface area contributed by atoms with Gasteiger partial charge in [-0.25, -0.2) is 4.79 Å². The van der Waals surface area contributed by atoms with Crippen LogP contribution in [0.3, 0.4) is 0 Å². The number of para-hydroxylation sites is 2. The lowest BCUT2D eigenvalue weighted by Crippen LogP contribution is -2.62. The van der Waals surface area contributed by atoms with Gasteiger partial charge in [-0.1, -0.05) is 88.8 Å². The van der Waals surface area contributed by atoms with Crippen LogP contribution >= 0.6 is 0 Å². The minimum Gasteiger partial charge on any atom is -0.481 e. The number of amides is 14. The normalized spacial score (nSPS) is 21.3. The molecule has 5 rings (SSSR count). The fraction of sp³-hybridized carbons (Fsp3) is 0.528. The van der Waals surface area contributed by atoms with Crippen molar-refractivity contribution in [2.24, 2.45) is 17.4 Å². The highest BCUT2D eigenvalue weighted by molar-refractivity contribution is 6.02. The fourth-order valence-corrected chi connectivity index (χ4v) is 12.1. The van der Waals surface area contributed by atoms with Crippen LogP contribution < -0.4 is 80.6 Å². The smallest absolute Gasteiger partial charge is 0.329 e. The third kappa shape index (κ3) is 30.7. The monoisotopic (exact) mass is 1620 g/mol. The summed E-state index contributed by atoms with van der Waals surface area (Å²) in [6.07, 6.45) is -1.45. The number of aliphatic hydroxyl groups is 1. The van der Waals surface area contributed by atoms with Gasteiger partial charge in [0, 0.05) is 41.7 Å². The van der Waals surface area contributed by atoms with Gasteiger partial charge in [-0.15, -0.1) is 0 Å². The molecule has 2 aromatic carbocycles. The number of hydrogen-bond donors (Lipinski definition) is 22. The Morgan fingerprint density at radius 2 is 1.10 bits per heavy atom. The van der Waals surface area contributed by atoms with Gasteiger partial charge in [0.1, 0.15) is 72.6 Å². The van der Waals surface area contributed by atoms with E-state index in [2.05, 4.69) is 80.6 Å². The number of esters is 1. The van der Waals surface area contributed by atoms with Crippen LogP contribution in [0.5, 0.6) is 0 Å². The number of benzene rings is 2. The van der Waals surface area contributed by atoms with Crippen molar-refractivity contribution in [3.63, 3.8) is 0 Å². The summed E-state index contributed by atoms with van der Waals surface area (Å²) in [6.45, 7) is 1.40. The third-order valence-corrected chi connectivity index (χ3v) is 18.2. The highest BCUT2D eigenvalue weighted by Gasteiger charge is 2.41. The van der Waals surface area contributed by atoms with Crippen molar-refractivity contribution in [2.45, 2.75) is 209 Å². The number of aromatic amines is 2. The first-order chi connectivity index (χ1) is 54.5. The number of H-pyrrole nitrogens is 2. The summed E-state index contributed by atoms with van der Waals surface area (Å²) in [5.41, 5.74) is 12.9. The first-order valence-electron chi connectivity index (χ1n) is 37.0. The molecule has 3 heterocycles. The Morgan fingerprint density at radius 3 is 1.70 bits per heavy atom. The molecule has 24 N–H and O–H groups in total. The van der Waals surface area contributed by atoms with Gasteiger partial charge in [0.05, 0.1) is 63.0 Å². The number of aromatic nitrogens is 3. The predicted molar refractivity (Wildman–Crippen MR) is 400 cm³/mol. The van der Waals surface area contributed by atoms with Gasteiger partial charge in [0.15, 0.2) is 0 Å². The van der Waals surface area contributed by atoms with Crippen molar-refractivity contribution in [1.29, 1.82) is 0 Å². The first kappa shape index (κ1) is 92.9. The molecule has 115 heavy (non-hydrogen) atoms. The second kappa shape index (κ2) is 46.3. The number of fused-ring (bicyclic) bond motifs is 2. The van der Waals surface area contributed by atoms with Gasteiger partial charge in [-0.2, -0.15) is 5.10 Å². The Kier molecular flexibility index (Phi) is 37.4. The van der Waals surface area contributed by atoms with E-state index in [4.69, 9.17) is 16.2 Å². The lowest BCUT2D eigenvalue weighted by atomic mass is 9.96. The maximum Gasteiger partial charge on any atom is 0.329 e. The van der Waals surface area contributed by atoms with E-state index in [-0.39, 0.29) is 37.9 Å². The van der Waals surface area contributed by atoms with Crippen molar-refractivity contribution in [3.8, 4) is 0 Å². The second-order valence-electron chi connectivity index (χ2n) is 27.5. The Bertz CT molecular complexity index is 4190. The number of aliphatic carboxylic acids is 4. The summed E-state index contributed by atoms with van der Waals surface area (Å²) in [5.74, 6) is -27.8. The molecule has 1 saturated heterocycles. The zero-order valence-corrected chi connectivity index (χ0v) is 63.6. The summed E-state index contributed by atoms with van der Waals surface area (Å²) >= 11 is 0. The van der Waals surface area contributed by atoms with Crippen LogP contribution in [0.25, 0.3) is 21.8 Å². The first-order valence-corrected chi connectivity index (χ1v) is 37.0. The number of rotatable bonds is 34. The van der Waals surface area contributed by atoms with Crippen LogP contribution in [-0.4, -0.2) is 252 Å². The van der Waals surface area contributed by atoms with Crippen molar-refractivity contribution < 1.29 is 121 Å². The minimum atomic E-state index is -2.37. The number of carbonyl (C=O) groups is 19. The molecular weight excluding hydrogens is 1520 g/mol. The van der Waals surface area contributed by atoms with Gasteiger partial charge in [-0.05, 0) is 63.3 Å². The number of carboxylic acids is 4. The van der Waals surface area contributed by atoms with Gasteiger partial charge in [0.25, 0.3) is 0 Å². The maximum atomic E-state index is 15.0. The third-order valence-electron chi connectivity index (χ3n) is 18.2. The summed E-state index contributed by atoms with van der Waals surface area (Å²) in [7, 11) is 0. The van der Waals surface area contributed by atoms with E-state index in [9.17, 15) is 117 Å². The van der Waals surface area contributed by atoms with Crippen LogP contribution in [0.1, 0.15) is 135 Å². The predicted octanol–water partition coefficient (Wildman–Crippen LogP) is -5.36. The van der Waals surface area contributed by atoms with Crippen molar-refractivity contribution in [1.82, 2.24) is 84.3 Å². The zero-order chi connectivity index (χ0) is 85.2. The van der Waals surface area contributed by atoms with Crippen LogP contribution in [-0.2, 0) is 109 Å². The van der Waals surface area contributed by atoms with E-state index in [1.165, 1.54) is 6.07 Å². The summed E-state index contributed by atoms with van der Waals surface area (Å²) in [4.78, 5) is 263. The Hall–Kier alpha value is -12.7. The maximum absolute atomic E-state index is 15.0. The topological polar surface area (TPSA) is 688 Å². The van der Waals surface area contributed by atoms with Gasteiger partial charge < -0.3 is 116 Å². The number of unbranched alkanes of at least 4 members (excludes halogenated alkanes) is 6. The molecule has 0 aliphatic carbocycles. The second-order valence-corrected chi connectivity index (χ2v) is 27.5. The zero-order valence-electron chi connectivity index (χ0n) is 63.6. The number of carboxylic acid groups (broad SMARTS) is 4. The molecular formula is C72H100N18O25. The SMILES string of the molecule is CCCCCCCCCC(=O)NC(Cc1c[nH]c2ccccc12)C(=O)NC(CC(N)=O)C(=O)NC(CC(=O)O)C(=O)NC1C(=O)NCC(=O)NC(CCCN)C(=O)NC(CC(=O)O)C(=O)NC(C)C(=O)NC(CC(=O)O)C(=O)NCC(=O)NC(CO)C(=O)NC(C(C)CC(=O)O)C(=O)NC(Cc2n[nH]c3ccccc23)C(=O)OC1C. The number of hydrogen-bond acceptors (Lipinski definition) is 23.